The van der Waals surface area contributed by atoms with Crippen molar-refractivity contribution in [2.24, 2.45) is 0 Å². The summed E-state index contributed by atoms with van der Waals surface area (Å²) in [6.45, 7) is 0.413. The van der Waals surface area contributed by atoms with Crippen LogP contribution in [0.25, 0.3) is 0 Å². The molecule has 0 aliphatic rings. The molecule has 0 aliphatic carbocycles. The highest BCUT2D eigenvalue weighted by atomic mass is 35.5. The van der Waals surface area contributed by atoms with Crippen LogP contribution in [0.1, 0.15) is 10.4 Å². The first kappa shape index (κ1) is 14.4. The monoisotopic (exact) mass is 273 g/mol. The van der Waals surface area contributed by atoms with Gasteiger partial charge in [0.25, 0.3) is 5.91 Å². The first-order valence-corrected chi connectivity index (χ1v) is 6.97. The van der Waals surface area contributed by atoms with Gasteiger partial charge in [-0.05, 0) is 18.4 Å². The predicted molar refractivity (Wildman–Crippen MR) is 72.1 cm³/mol. The molecule has 0 saturated heterocycles. The van der Waals surface area contributed by atoms with Crippen LogP contribution in [0.15, 0.2) is 29.2 Å². The Hall–Kier alpha value is -0.710. The summed E-state index contributed by atoms with van der Waals surface area (Å²) in [5.74, 6) is 0.221. The van der Waals surface area contributed by atoms with E-state index in [1.807, 2.05) is 24.5 Å². The molecule has 1 aromatic carbocycles. The summed E-state index contributed by atoms with van der Waals surface area (Å²) in [7, 11) is 1.58. The van der Waals surface area contributed by atoms with E-state index >= 15 is 0 Å². The quantitative estimate of drug-likeness (QED) is 0.639. The van der Waals surface area contributed by atoms with Gasteiger partial charge in [-0.2, -0.15) is 0 Å². The first-order chi connectivity index (χ1) is 8.22. The number of amides is 1. The van der Waals surface area contributed by atoms with Gasteiger partial charge in [0.2, 0.25) is 0 Å². The number of carbonyl (C=O) groups excluding carboxylic acids is 1. The molecule has 0 aliphatic heterocycles. The van der Waals surface area contributed by atoms with Crippen molar-refractivity contribution in [2.75, 3.05) is 25.9 Å². The maximum absolute atomic E-state index is 12.0. The minimum atomic E-state index is -0.163. The Labute approximate surface area is 111 Å². The number of hydrogen-bond acceptors (Lipinski definition) is 3. The van der Waals surface area contributed by atoms with Gasteiger partial charge in [-0.15, -0.1) is 23.4 Å². The van der Waals surface area contributed by atoms with Crippen LogP contribution in [-0.4, -0.2) is 37.8 Å². The van der Waals surface area contributed by atoms with Crippen LogP contribution >= 0.6 is 23.4 Å². The fourth-order valence-electron chi connectivity index (χ4n) is 1.42. The maximum Gasteiger partial charge on any atom is 0.252 e. The third kappa shape index (κ3) is 4.22. The number of halogens is 1. The molecule has 0 fully saturated rings. The molecule has 0 aromatic heterocycles. The molecule has 0 radical (unpaired) electrons. The number of ether oxygens (including phenoxy) is 1. The Balaban J connectivity index is 2.75. The fourth-order valence-corrected chi connectivity index (χ4v) is 2.18. The van der Waals surface area contributed by atoms with E-state index in [9.17, 15) is 4.79 Å². The van der Waals surface area contributed by atoms with Crippen LogP contribution in [-0.2, 0) is 4.74 Å². The van der Waals surface area contributed by atoms with Crippen molar-refractivity contribution >= 4 is 29.3 Å². The molecule has 1 amide bonds. The van der Waals surface area contributed by atoms with E-state index in [1.165, 1.54) is 0 Å². The lowest BCUT2D eigenvalue weighted by Crippen LogP contribution is -2.39. The van der Waals surface area contributed by atoms with Gasteiger partial charge >= 0.3 is 0 Å². The number of hydrogen-bond donors (Lipinski definition) is 1. The lowest BCUT2D eigenvalue weighted by molar-refractivity contribution is 0.0904. The summed E-state index contributed by atoms with van der Waals surface area (Å²) < 4.78 is 4.98. The highest BCUT2D eigenvalue weighted by molar-refractivity contribution is 7.98. The van der Waals surface area contributed by atoms with Crippen LogP contribution < -0.4 is 5.32 Å². The summed E-state index contributed by atoms with van der Waals surface area (Å²) in [4.78, 5) is 13.0. The van der Waals surface area contributed by atoms with E-state index < -0.39 is 0 Å². The van der Waals surface area contributed by atoms with Crippen LogP contribution in [0.4, 0.5) is 0 Å². The van der Waals surface area contributed by atoms with E-state index in [4.69, 9.17) is 16.3 Å². The SMILES string of the molecule is COCC(CCl)NC(=O)c1ccccc1SC. The summed E-state index contributed by atoms with van der Waals surface area (Å²) in [6, 6.07) is 7.33. The number of alkyl halides is 1. The van der Waals surface area contributed by atoms with Gasteiger partial charge in [0, 0.05) is 17.9 Å². The zero-order valence-electron chi connectivity index (χ0n) is 9.90. The molecule has 3 nitrogen and oxygen atoms in total. The second kappa shape index (κ2) is 7.58. The number of methoxy groups -OCH3 is 1. The van der Waals surface area contributed by atoms with Gasteiger partial charge in [0.15, 0.2) is 0 Å². The minimum Gasteiger partial charge on any atom is -0.383 e. The summed E-state index contributed by atoms with van der Waals surface area (Å²) in [5, 5.41) is 2.85. The van der Waals surface area contributed by atoms with E-state index in [0.29, 0.717) is 18.1 Å². The third-order valence-electron chi connectivity index (χ3n) is 2.24. The molecule has 0 saturated carbocycles. The van der Waals surface area contributed by atoms with Crippen molar-refractivity contribution in [2.45, 2.75) is 10.9 Å². The van der Waals surface area contributed by atoms with Crippen molar-refractivity contribution in [1.29, 1.82) is 0 Å². The molecule has 1 aromatic rings. The third-order valence-corrected chi connectivity index (χ3v) is 3.41. The van der Waals surface area contributed by atoms with Gasteiger partial charge in [0.1, 0.15) is 0 Å². The fraction of sp³-hybridized carbons (Fsp3) is 0.417. The molecule has 1 rings (SSSR count). The van der Waals surface area contributed by atoms with Gasteiger partial charge in [-0.1, -0.05) is 12.1 Å². The zero-order chi connectivity index (χ0) is 12.7. The molecule has 1 unspecified atom stereocenters. The van der Waals surface area contributed by atoms with Gasteiger partial charge in [-0.3, -0.25) is 4.79 Å². The van der Waals surface area contributed by atoms with Gasteiger partial charge in [-0.25, -0.2) is 0 Å². The standard InChI is InChI=1S/C12H16ClNO2S/c1-16-8-9(7-13)14-12(15)10-5-3-4-6-11(10)17-2/h3-6,9H,7-8H2,1-2H3,(H,14,15). The molecular weight excluding hydrogens is 258 g/mol. The van der Waals surface area contributed by atoms with E-state index in [1.54, 1.807) is 24.9 Å². The second-order valence-corrected chi connectivity index (χ2v) is 4.64. The minimum absolute atomic E-state index is 0.113. The van der Waals surface area contributed by atoms with Crippen LogP contribution in [0.3, 0.4) is 0 Å². The van der Waals surface area contributed by atoms with Crippen LogP contribution in [0, 0.1) is 0 Å². The van der Waals surface area contributed by atoms with Crippen molar-refractivity contribution < 1.29 is 9.53 Å². The van der Waals surface area contributed by atoms with Crippen molar-refractivity contribution in [3.8, 4) is 0 Å². The van der Waals surface area contributed by atoms with Crippen LogP contribution in [0.2, 0.25) is 0 Å². The topological polar surface area (TPSA) is 38.3 Å². The van der Waals surface area contributed by atoms with Crippen molar-refractivity contribution in [1.82, 2.24) is 5.32 Å². The average Bonchev–Trinajstić information content (AvgIpc) is 2.38. The van der Waals surface area contributed by atoms with Crippen molar-refractivity contribution in [3.63, 3.8) is 0 Å². The lowest BCUT2D eigenvalue weighted by atomic mass is 10.2. The number of carbonyl (C=O) groups is 1. The largest absolute Gasteiger partial charge is 0.383 e. The Morgan fingerprint density at radius 3 is 2.82 bits per heavy atom. The summed E-state index contributed by atoms with van der Waals surface area (Å²) >= 11 is 7.30. The molecule has 1 atom stereocenters. The summed E-state index contributed by atoms with van der Waals surface area (Å²) in [5.41, 5.74) is 0.672. The Kier molecular flexibility index (Phi) is 6.40. The molecule has 94 valence electrons. The molecule has 5 heteroatoms. The van der Waals surface area contributed by atoms with Crippen molar-refractivity contribution in [3.05, 3.63) is 29.8 Å². The number of thioether (sulfide) groups is 1. The summed E-state index contributed by atoms with van der Waals surface area (Å²) in [6.07, 6.45) is 1.94. The Morgan fingerprint density at radius 1 is 1.53 bits per heavy atom. The lowest BCUT2D eigenvalue weighted by Gasteiger charge is -2.16. The normalized spacial score (nSPS) is 12.2. The number of rotatable bonds is 6. The van der Waals surface area contributed by atoms with Crippen LogP contribution in [0.5, 0.6) is 0 Å². The number of benzene rings is 1. The Bertz CT molecular complexity index is 373. The molecular formula is C12H16ClNO2S. The van der Waals surface area contributed by atoms with E-state index in [-0.39, 0.29) is 11.9 Å². The Morgan fingerprint density at radius 2 is 2.24 bits per heavy atom. The molecule has 0 bridgehead atoms. The molecule has 0 spiro atoms. The molecule has 0 heterocycles. The highest BCUT2D eigenvalue weighted by Gasteiger charge is 2.14. The smallest absolute Gasteiger partial charge is 0.252 e. The van der Waals surface area contributed by atoms with E-state index in [2.05, 4.69) is 5.32 Å². The first-order valence-electron chi connectivity index (χ1n) is 5.21. The molecule has 17 heavy (non-hydrogen) atoms. The average molecular weight is 274 g/mol. The van der Waals surface area contributed by atoms with E-state index in [0.717, 1.165) is 4.90 Å². The number of nitrogens with one attached hydrogen (secondary N) is 1. The predicted octanol–water partition coefficient (Wildman–Crippen LogP) is 2.39. The second-order valence-electron chi connectivity index (χ2n) is 3.48. The zero-order valence-corrected chi connectivity index (χ0v) is 11.5. The molecule has 1 N–H and O–H groups in total. The highest BCUT2D eigenvalue weighted by Crippen LogP contribution is 2.19. The van der Waals surface area contributed by atoms with Gasteiger partial charge in [0.05, 0.1) is 18.2 Å². The van der Waals surface area contributed by atoms with Gasteiger partial charge < -0.3 is 10.1 Å². The maximum atomic E-state index is 12.0.